The predicted octanol–water partition coefficient (Wildman–Crippen LogP) is 2.17. The highest BCUT2D eigenvalue weighted by molar-refractivity contribution is 6.25. The molecular formula is C16H9NO4. The molecule has 0 saturated heterocycles. The number of hydrogen-bond donors (Lipinski definition) is 0. The Kier molecular flexibility index (Phi) is 2.14. The summed E-state index contributed by atoms with van der Waals surface area (Å²) in [5.74, 6) is -0.827. The SMILES string of the molecule is CN1C(=O)c2ccc3c(=O)c4ccccc4oc3c2C1=O. The molecule has 0 N–H and O–H groups in total. The number of carbonyl (C=O) groups excluding carboxylic acids is 2. The van der Waals surface area contributed by atoms with E-state index in [1.807, 2.05) is 0 Å². The first-order valence-corrected chi connectivity index (χ1v) is 6.40. The molecule has 4 rings (SSSR count). The van der Waals surface area contributed by atoms with Gasteiger partial charge in [-0.1, -0.05) is 12.1 Å². The van der Waals surface area contributed by atoms with Crippen LogP contribution in [0.1, 0.15) is 20.7 Å². The zero-order chi connectivity index (χ0) is 14.7. The van der Waals surface area contributed by atoms with Crippen LogP contribution in [0.2, 0.25) is 0 Å². The van der Waals surface area contributed by atoms with Crippen LogP contribution < -0.4 is 5.43 Å². The molecule has 21 heavy (non-hydrogen) atoms. The van der Waals surface area contributed by atoms with E-state index in [1.54, 1.807) is 24.3 Å². The first-order valence-electron chi connectivity index (χ1n) is 6.40. The van der Waals surface area contributed by atoms with Crippen LogP contribution in [0.3, 0.4) is 0 Å². The lowest BCUT2D eigenvalue weighted by Crippen LogP contribution is -2.24. The lowest BCUT2D eigenvalue weighted by molar-refractivity contribution is 0.0693. The molecule has 5 nitrogen and oxygen atoms in total. The molecule has 3 aromatic rings. The van der Waals surface area contributed by atoms with Crippen molar-refractivity contribution in [3.8, 4) is 0 Å². The average Bonchev–Trinajstić information content (AvgIpc) is 2.72. The maximum Gasteiger partial charge on any atom is 0.265 e. The van der Waals surface area contributed by atoms with Crippen molar-refractivity contribution in [3.63, 3.8) is 0 Å². The molecule has 1 aromatic heterocycles. The average molecular weight is 279 g/mol. The summed E-state index contributed by atoms with van der Waals surface area (Å²) in [6.07, 6.45) is 0. The molecule has 0 radical (unpaired) electrons. The van der Waals surface area contributed by atoms with Crippen LogP contribution in [-0.4, -0.2) is 23.8 Å². The van der Waals surface area contributed by atoms with Crippen molar-refractivity contribution in [1.82, 2.24) is 4.90 Å². The molecule has 0 fully saturated rings. The van der Waals surface area contributed by atoms with E-state index < -0.39 is 5.91 Å². The van der Waals surface area contributed by atoms with Crippen LogP contribution >= 0.6 is 0 Å². The van der Waals surface area contributed by atoms with Crippen molar-refractivity contribution >= 4 is 33.8 Å². The van der Waals surface area contributed by atoms with Gasteiger partial charge in [-0.25, -0.2) is 0 Å². The molecule has 2 aromatic carbocycles. The van der Waals surface area contributed by atoms with Crippen LogP contribution in [0.25, 0.3) is 21.9 Å². The maximum atomic E-state index is 12.5. The number of rotatable bonds is 0. The summed E-state index contributed by atoms with van der Waals surface area (Å²) in [5, 5.41) is 0.763. The fourth-order valence-electron chi connectivity index (χ4n) is 2.70. The van der Waals surface area contributed by atoms with Crippen LogP contribution in [0.4, 0.5) is 0 Å². The number of carbonyl (C=O) groups is 2. The largest absolute Gasteiger partial charge is 0.455 e. The number of amides is 2. The van der Waals surface area contributed by atoms with Crippen molar-refractivity contribution in [3.05, 3.63) is 57.7 Å². The lowest BCUT2D eigenvalue weighted by Gasteiger charge is -2.04. The van der Waals surface area contributed by atoms with E-state index in [0.717, 1.165) is 4.90 Å². The minimum absolute atomic E-state index is 0.169. The van der Waals surface area contributed by atoms with E-state index in [0.29, 0.717) is 16.4 Å². The van der Waals surface area contributed by atoms with Crippen LogP contribution in [0.5, 0.6) is 0 Å². The van der Waals surface area contributed by atoms with Gasteiger partial charge in [0.1, 0.15) is 5.58 Å². The molecule has 0 atom stereocenters. The molecule has 0 unspecified atom stereocenters. The molecule has 5 heteroatoms. The van der Waals surface area contributed by atoms with Crippen LogP contribution in [-0.2, 0) is 0 Å². The lowest BCUT2D eigenvalue weighted by atomic mass is 10.0. The second-order valence-electron chi connectivity index (χ2n) is 4.96. The second-order valence-corrected chi connectivity index (χ2v) is 4.96. The van der Waals surface area contributed by atoms with Crippen molar-refractivity contribution in [1.29, 1.82) is 0 Å². The highest BCUT2D eigenvalue weighted by Crippen LogP contribution is 2.30. The third-order valence-electron chi connectivity index (χ3n) is 3.80. The highest BCUT2D eigenvalue weighted by Gasteiger charge is 2.35. The summed E-state index contributed by atoms with van der Waals surface area (Å²) < 4.78 is 5.74. The maximum absolute atomic E-state index is 12.5. The van der Waals surface area contributed by atoms with E-state index >= 15 is 0 Å². The monoisotopic (exact) mass is 279 g/mol. The Morgan fingerprint density at radius 1 is 0.905 bits per heavy atom. The molecule has 0 aliphatic carbocycles. The van der Waals surface area contributed by atoms with Crippen molar-refractivity contribution in [2.75, 3.05) is 7.05 Å². The number of hydrogen-bond acceptors (Lipinski definition) is 4. The molecule has 102 valence electrons. The Morgan fingerprint density at radius 2 is 1.67 bits per heavy atom. The molecule has 0 saturated carbocycles. The fraction of sp³-hybridized carbons (Fsp3) is 0.0625. The van der Waals surface area contributed by atoms with Gasteiger partial charge in [-0.15, -0.1) is 0 Å². The number of imide groups is 1. The van der Waals surface area contributed by atoms with Gasteiger partial charge in [0.2, 0.25) is 5.43 Å². The van der Waals surface area contributed by atoms with Gasteiger partial charge >= 0.3 is 0 Å². The number of fused-ring (bicyclic) bond motifs is 4. The molecule has 1 aliphatic rings. The number of benzene rings is 2. The second kappa shape index (κ2) is 3.79. The summed E-state index contributed by atoms with van der Waals surface area (Å²) >= 11 is 0. The first-order chi connectivity index (χ1) is 10.1. The Morgan fingerprint density at radius 3 is 2.48 bits per heavy atom. The van der Waals surface area contributed by atoms with E-state index in [1.165, 1.54) is 19.2 Å². The van der Waals surface area contributed by atoms with Crippen LogP contribution in [0.15, 0.2) is 45.6 Å². The molecular weight excluding hydrogens is 270 g/mol. The van der Waals surface area contributed by atoms with Gasteiger partial charge in [0.25, 0.3) is 11.8 Å². The third-order valence-corrected chi connectivity index (χ3v) is 3.80. The summed E-state index contributed by atoms with van der Waals surface area (Å²) in [7, 11) is 1.41. The molecule has 1 aliphatic heterocycles. The van der Waals surface area contributed by atoms with Crippen LogP contribution in [0, 0.1) is 0 Å². The van der Waals surface area contributed by atoms with E-state index in [9.17, 15) is 14.4 Å². The quantitative estimate of drug-likeness (QED) is 0.467. The highest BCUT2D eigenvalue weighted by atomic mass is 16.3. The minimum Gasteiger partial charge on any atom is -0.455 e. The van der Waals surface area contributed by atoms with E-state index in [4.69, 9.17) is 4.42 Å². The Hall–Kier alpha value is -2.95. The van der Waals surface area contributed by atoms with Gasteiger partial charge in [-0.2, -0.15) is 0 Å². The van der Waals surface area contributed by atoms with Gasteiger partial charge in [0.15, 0.2) is 5.58 Å². The van der Waals surface area contributed by atoms with E-state index in [2.05, 4.69) is 0 Å². The topological polar surface area (TPSA) is 67.6 Å². The molecule has 2 amide bonds. The molecule has 0 spiro atoms. The van der Waals surface area contributed by atoms with Crippen molar-refractivity contribution in [2.24, 2.45) is 0 Å². The fourth-order valence-corrected chi connectivity index (χ4v) is 2.70. The predicted molar refractivity (Wildman–Crippen MR) is 76.4 cm³/mol. The van der Waals surface area contributed by atoms with Gasteiger partial charge in [-0.05, 0) is 24.3 Å². The van der Waals surface area contributed by atoms with Gasteiger partial charge in [-0.3, -0.25) is 19.3 Å². The Labute approximate surface area is 118 Å². The van der Waals surface area contributed by atoms with Crippen molar-refractivity contribution in [2.45, 2.75) is 0 Å². The number of para-hydroxylation sites is 1. The van der Waals surface area contributed by atoms with E-state index in [-0.39, 0.29) is 28.0 Å². The van der Waals surface area contributed by atoms with Gasteiger partial charge in [0, 0.05) is 7.05 Å². The summed E-state index contributed by atoms with van der Waals surface area (Å²) in [6.45, 7) is 0. The van der Waals surface area contributed by atoms with Crippen molar-refractivity contribution < 1.29 is 14.0 Å². The smallest absolute Gasteiger partial charge is 0.265 e. The standard InChI is InChI=1S/C16H9NO4/c1-17-15(19)9-6-7-10-13(18)8-4-2-3-5-11(8)21-14(10)12(9)16(17)20/h2-7H,1H3. The zero-order valence-corrected chi connectivity index (χ0v) is 11.0. The first kappa shape index (κ1) is 11.8. The summed E-state index contributed by atoms with van der Waals surface area (Å²) in [4.78, 5) is 37.7. The molecule has 0 bridgehead atoms. The summed E-state index contributed by atoms with van der Waals surface area (Å²) in [5.41, 5.74) is 0.817. The third kappa shape index (κ3) is 1.37. The number of nitrogens with zero attached hydrogens (tertiary/aromatic N) is 1. The summed E-state index contributed by atoms with van der Waals surface area (Å²) in [6, 6.07) is 9.89. The Bertz CT molecular complexity index is 1020. The Balaban J connectivity index is 2.25. The minimum atomic E-state index is -0.445. The normalized spacial score (nSPS) is 14.2. The van der Waals surface area contributed by atoms with Gasteiger partial charge in [0.05, 0.1) is 21.9 Å². The molecule has 2 heterocycles. The zero-order valence-electron chi connectivity index (χ0n) is 11.0. The van der Waals surface area contributed by atoms with Gasteiger partial charge < -0.3 is 4.42 Å².